The fourth-order valence-electron chi connectivity index (χ4n) is 3.58. The van der Waals surface area contributed by atoms with Crippen molar-refractivity contribution in [2.75, 3.05) is 25.6 Å². The highest BCUT2D eigenvalue weighted by molar-refractivity contribution is 5.96. The molecule has 1 aliphatic heterocycles. The highest BCUT2D eigenvalue weighted by Crippen LogP contribution is 2.15. The van der Waals surface area contributed by atoms with Crippen molar-refractivity contribution in [3.63, 3.8) is 0 Å². The molecule has 1 fully saturated rings. The number of aromatic nitrogens is 2. The Morgan fingerprint density at radius 2 is 1.88 bits per heavy atom. The smallest absolute Gasteiger partial charge is 0.432 e. The SMILES string of the molecule is COC(=O)c1ccc(NC(=O)CC2OCCN(Cc3c(=O)o[nH][n+]3-c3ccccc3)C2=O)cc1. The number of H-pyrrole nitrogens is 1. The lowest BCUT2D eigenvalue weighted by Crippen LogP contribution is -2.51. The Kier molecular flexibility index (Phi) is 6.83. The molecule has 1 atom stereocenters. The third-order valence-corrected chi connectivity index (χ3v) is 5.32. The number of esters is 1. The molecule has 1 unspecified atom stereocenters. The van der Waals surface area contributed by atoms with Gasteiger partial charge in [-0.15, -0.1) is 0 Å². The molecule has 2 amide bonds. The Hall–Kier alpha value is -4.25. The third kappa shape index (κ3) is 5.04. The highest BCUT2D eigenvalue weighted by Gasteiger charge is 2.35. The summed E-state index contributed by atoms with van der Waals surface area (Å²) in [5, 5.41) is 5.23. The van der Waals surface area contributed by atoms with E-state index in [0.29, 0.717) is 16.9 Å². The molecule has 3 aromatic rings. The molecular weight excluding hydrogens is 444 g/mol. The number of methoxy groups -OCH3 is 1. The third-order valence-electron chi connectivity index (χ3n) is 5.32. The number of amides is 2. The quantitative estimate of drug-likeness (QED) is 0.387. The second-order valence-corrected chi connectivity index (χ2v) is 7.54. The van der Waals surface area contributed by atoms with Gasteiger partial charge in [0.15, 0.2) is 0 Å². The molecule has 0 saturated carbocycles. The summed E-state index contributed by atoms with van der Waals surface area (Å²) in [5.74, 6) is -1.31. The molecule has 0 bridgehead atoms. The first kappa shape index (κ1) is 22.9. The van der Waals surface area contributed by atoms with Crippen LogP contribution in [0.15, 0.2) is 63.9 Å². The van der Waals surface area contributed by atoms with Crippen LogP contribution in [-0.4, -0.2) is 54.3 Å². The minimum atomic E-state index is -0.987. The van der Waals surface area contributed by atoms with Crippen LogP contribution in [0, 0.1) is 0 Å². The summed E-state index contributed by atoms with van der Waals surface area (Å²) < 4.78 is 16.6. The van der Waals surface area contributed by atoms with Gasteiger partial charge in [-0.1, -0.05) is 18.2 Å². The van der Waals surface area contributed by atoms with Crippen molar-refractivity contribution in [2.45, 2.75) is 19.1 Å². The molecule has 4 rings (SSSR count). The van der Waals surface area contributed by atoms with E-state index in [0.717, 1.165) is 0 Å². The Morgan fingerprint density at radius 3 is 2.59 bits per heavy atom. The second-order valence-electron chi connectivity index (χ2n) is 7.54. The fourth-order valence-corrected chi connectivity index (χ4v) is 3.58. The summed E-state index contributed by atoms with van der Waals surface area (Å²) in [7, 11) is 1.28. The molecule has 11 nitrogen and oxygen atoms in total. The number of morpholine rings is 1. The topological polar surface area (TPSA) is 135 Å². The van der Waals surface area contributed by atoms with E-state index in [4.69, 9.17) is 9.26 Å². The number of para-hydroxylation sites is 1. The molecule has 0 aliphatic carbocycles. The number of ether oxygens (including phenoxy) is 2. The number of hydrogen-bond donors (Lipinski definition) is 2. The lowest BCUT2D eigenvalue weighted by Gasteiger charge is -2.30. The molecule has 0 spiro atoms. The number of carbonyl (C=O) groups is 3. The molecule has 0 radical (unpaired) electrons. The highest BCUT2D eigenvalue weighted by atomic mass is 16.5. The van der Waals surface area contributed by atoms with E-state index in [1.807, 2.05) is 18.2 Å². The normalized spacial score (nSPS) is 15.7. The Bertz CT molecular complexity index is 1230. The van der Waals surface area contributed by atoms with Crippen molar-refractivity contribution in [2.24, 2.45) is 0 Å². The van der Waals surface area contributed by atoms with Crippen LogP contribution in [0.25, 0.3) is 5.69 Å². The molecule has 2 N–H and O–H groups in total. The van der Waals surface area contributed by atoms with E-state index in [1.54, 1.807) is 24.3 Å². The van der Waals surface area contributed by atoms with Crippen molar-refractivity contribution < 1.29 is 33.1 Å². The van der Waals surface area contributed by atoms with E-state index in [2.05, 4.69) is 15.3 Å². The lowest BCUT2D eigenvalue weighted by molar-refractivity contribution is -0.678. The van der Waals surface area contributed by atoms with Crippen LogP contribution in [-0.2, 0) is 25.6 Å². The maximum absolute atomic E-state index is 13.0. The zero-order chi connectivity index (χ0) is 24.1. The van der Waals surface area contributed by atoms with Crippen molar-refractivity contribution in [1.29, 1.82) is 0 Å². The molecule has 2 aromatic carbocycles. The predicted octanol–water partition coefficient (Wildman–Crippen LogP) is 0.787. The Labute approximate surface area is 193 Å². The van der Waals surface area contributed by atoms with E-state index in [9.17, 15) is 19.2 Å². The van der Waals surface area contributed by atoms with Crippen molar-refractivity contribution in [3.8, 4) is 5.69 Å². The van der Waals surface area contributed by atoms with Gasteiger partial charge in [0.25, 0.3) is 5.91 Å². The van der Waals surface area contributed by atoms with Crippen molar-refractivity contribution in [3.05, 3.63) is 76.3 Å². The van der Waals surface area contributed by atoms with E-state index in [1.165, 1.54) is 28.8 Å². The maximum atomic E-state index is 13.0. The summed E-state index contributed by atoms with van der Waals surface area (Å²) in [6.45, 7) is 0.486. The monoisotopic (exact) mass is 467 g/mol. The summed E-state index contributed by atoms with van der Waals surface area (Å²) in [6, 6.07) is 15.2. The standard InChI is InChI=1S/C23H22N4O7/c1-32-22(30)15-7-9-16(10-8-15)24-20(28)13-19-21(29)26(11-12-33-19)14-18-23(31)34-25-27(18)17-5-3-2-4-6-17/h2-10,19H,11-14H2,1H3,(H-,24,25,28,30,31)/p+1. The summed E-state index contributed by atoms with van der Waals surface area (Å²) in [4.78, 5) is 50.7. The first-order valence-electron chi connectivity index (χ1n) is 10.5. The summed E-state index contributed by atoms with van der Waals surface area (Å²) >= 11 is 0. The zero-order valence-corrected chi connectivity index (χ0v) is 18.4. The minimum absolute atomic E-state index is 0.00394. The Morgan fingerprint density at radius 1 is 1.15 bits per heavy atom. The average molecular weight is 467 g/mol. The van der Waals surface area contributed by atoms with Crippen LogP contribution in [0.2, 0.25) is 0 Å². The van der Waals surface area contributed by atoms with Crippen LogP contribution >= 0.6 is 0 Å². The summed E-state index contributed by atoms with van der Waals surface area (Å²) in [6.07, 6.45) is -1.19. The first-order valence-corrected chi connectivity index (χ1v) is 10.5. The van der Waals surface area contributed by atoms with Crippen LogP contribution < -0.4 is 15.6 Å². The number of rotatable bonds is 7. The number of nitrogens with one attached hydrogen (secondary N) is 2. The average Bonchev–Trinajstić information content (AvgIpc) is 3.22. The molecule has 1 aromatic heterocycles. The molecule has 176 valence electrons. The van der Waals surface area contributed by atoms with Gasteiger partial charge in [0.1, 0.15) is 12.6 Å². The van der Waals surface area contributed by atoms with Crippen molar-refractivity contribution in [1.82, 2.24) is 10.2 Å². The van der Waals surface area contributed by atoms with Crippen molar-refractivity contribution >= 4 is 23.5 Å². The van der Waals surface area contributed by atoms with Crippen LogP contribution in [0.4, 0.5) is 5.69 Å². The zero-order valence-electron chi connectivity index (χ0n) is 18.4. The minimum Gasteiger partial charge on any atom is -0.465 e. The fraction of sp³-hybridized carbons (Fsp3) is 0.261. The molecule has 11 heteroatoms. The lowest BCUT2D eigenvalue weighted by atomic mass is 10.1. The molecule has 1 saturated heterocycles. The van der Waals surface area contributed by atoms with Gasteiger partial charge in [0.2, 0.25) is 11.6 Å². The van der Waals surface area contributed by atoms with Gasteiger partial charge in [-0.05, 0) is 34.2 Å². The molecule has 34 heavy (non-hydrogen) atoms. The van der Waals surface area contributed by atoms with Gasteiger partial charge in [-0.2, -0.15) is 0 Å². The number of hydrogen-bond acceptors (Lipinski definition) is 7. The number of carbonyl (C=O) groups excluding carboxylic acids is 3. The van der Waals surface area contributed by atoms with Gasteiger partial charge in [-0.3, -0.25) is 14.1 Å². The summed E-state index contributed by atoms with van der Waals surface area (Å²) in [5.41, 5.74) is 1.15. The molecule has 1 aliphatic rings. The Balaban J connectivity index is 1.40. The van der Waals surface area contributed by atoms with Crippen LogP contribution in [0.1, 0.15) is 22.5 Å². The van der Waals surface area contributed by atoms with Crippen LogP contribution in [0.3, 0.4) is 0 Å². The van der Waals surface area contributed by atoms with Gasteiger partial charge in [0, 0.05) is 24.4 Å². The van der Waals surface area contributed by atoms with E-state index in [-0.39, 0.29) is 31.8 Å². The van der Waals surface area contributed by atoms with Crippen LogP contribution in [0.5, 0.6) is 0 Å². The van der Waals surface area contributed by atoms with E-state index >= 15 is 0 Å². The van der Waals surface area contributed by atoms with Gasteiger partial charge >= 0.3 is 17.3 Å². The van der Waals surface area contributed by atoms with Gasteiger partial charge in [-0.25, -0.2) is 9.59 Å². The maximum Gasteiger partial charge on any atom is 0.432 e. The van der Waals surface area contributed by atoms with E-state index < -0.39 is 29.5 Å². The number of anilines is 1. The molecule has 2 heterocycles. The first-order chi connectivity index (χ1) is 16.5. The number of nitrogens with zero attached hydrogens (tertiary/aromatic N) is 2. The second kappa shape index (κ2) is 10.1. The predicted molar refractivity (Wildman–Crippen MR) is 117 cm³/mol. The number of aromatic amines is 1. The van der Waals surface area contributed by atoms with Gasteiger partial charge in [0.05, 0.1) is 25.7 Å². The molecular formula is C23H23N4O7+. The largest absolute Gasteiger partial charge is 0.465 e. The number of benzene rings is 2. The van der Waals surface area contributed by atoms with Gasteiger partial charge < -0.3 is 19.7 Å².